The first kappa shape index (κ1) is 14.3. The van der Waals surface area contributed by atoms with Gasteiger partial charge < -0.3 is 4.74 Å². The summed E-state index contributed by atoms with van der Waals surface area (Å²) in [6.07, 6.45) is 3.74. The van der Waals surface area contributed by atoms with Crippen molar-refractivity contribution in [3.8, 4) is 16.9 Å². The molecule has 0 fully saturated rings. The molecule has 2 heteroatoms. The summed E-state index contributed by atoms with van der Waals surface area (Å²) < 4.78 is 5.82. The number of ether oxygens (including phenoxy) is 1. The Labute approximate surface area is 131 Å². The van der Waals surface area contributed by atoms with Gasteiger partial charge in [-0.3, -0.25) is 4.98 Å². The predicted molar refractivity (Wildman–Crippen MR) is 89.9 cm³/mol. The van der Waals surface area contributed by atoms with Crippen LogP contribution in [0.4, 0.5) is 0 Å². The van der Waals surface area contributed by atoms with Gasteiger partial charge in [-0.2, -0.15) is 0 Å². The van der Waals surface area contributed by atoms with Crippen LogP contribution in [0.5, 0.6) is 5.75 Å². The Bertz CT molecular complexity index is 745. The zero-order valence-corrected chi connectivity index (χ0v) is 12.9. The average Bonchev–Trinajstić information content (AvgIpc) is 2.55. The molecule has 0 amide bonds. The predicted octanol–water partition coefficient (Wildman–Crippen LogP) is 4.94. The fraction of sp³-hybridized carbons (Fsp3) is 0.150. The molecule has 0 atom stereocenters. The molecular formula is C20H19NO. The molecule has 0 N–H and O–H groups in total. The lowest BCUT2D eigenvalue weighted by Gasteiger charge is -2.08. The molecule has 0 aliphatic heterocycles. The van der Waals surface area contributed by atoms with Crippen LogP contribution in [0, 0.1) is 13.8 Å². The summed E-state index contributed by atoms with van der Waals surface area (Å²) in [6.45, 7) is 4.68. The molecular weight excluding hydrogens is 270 g/mol. The fourth-order valence-corrected chi connectivity index (χ4v) is 2.27. The van der Waals surface area contributed by atoms with Gasteiger partial charge in [-0.15, -0.1) is 0 Å². The van der Waals surface area contributed by atoms with Crippen molar-refractivity contribution in [2.45, 2.75) is 20.5 Å². The largest absolute Gasteiger partial charge is 0.489 e. The quantitative estimate of drug-likeness (QED) is 0.678. The Morgan fingerprint density at radius 3 is 2.09 bits per heavy atom. The molecule has 22 heavy (non-hydrogen) atoms. The lowest BCUT2D eigenvalue weighted by molar-refractivity contribution is 0.306. The van der Waals surface area contributed by atoms with Crippen molar-refractivity contribution in [3.05, 3.63) is 83.7 Å². The van der Waals surface area contributed by atoms with E-state index in [1.807, 2.05) is 24.5 Å². The van der Waals surface area contributed by atoms with E-state index in [2.05, 4.69) is 61.3 Å². The van der Waals surface area contributed by atoms with Gasteiger partial charge in [0.1, 0.15) is 12.4 Å². The van der Waals surface area contributed by atoms with E-state index in [4.69, 9.17) is 4.74 Å². The third-order valence-electron chi connectivity index (χ3n) is 3.61. The minimum atomic E-state index is 0.524. The van der Waals surface area contributed by atoms with Gasteiger partial charge in [0, 0.05) is 23.5 Å². The molecule has 3 rings (SSSR count). The topological polar surface area (TPSA) is 22.1 Å². The first-order valence-corrected chi connectivity index (χ1v) is 7.41. The molecule has 1 aromatic heterocycles. The van der Waals surface area contributed by atoms with Gasteiger partial charge in [-0.1, -0.05) is 47.5 Å². The van der Waals surface area contributed by atoms with Crippen molar-refractivity contribution >= 4 is 0 Å². The smallest absolute Gasteiger partial charge is 0.119 e. The van der Waals surface area contributed by atoms with Crippen LogP contribution in [0.15, 0.2) is 67.0 Å². The van der Waals surface area contributed by atoms with Crippen LogP contribution in [-0.4, -0.2) is 4.98 Å². The summed E-state index contributed by atoms with van der Waals surface area (Å²) in [6, 6.07) is 18.7. The summed E-state index contributed by atoms with van der Waals surface area (Å²) >= 11 is 0. The van der Waals surface area contributed by atoms with Crippen LogP contribution in [0.3, 0.4) is 0 Å². The molecule has 2 aromatic carbocycles. The second kappa shape index (κ2) is 6.44. The highest BCUT2D eigenvalue weighted by molar-refractivity contribution is 5.63. The number of hydrogen-bond donors (Lipinski definition) is 0. The standard InChI is InChI=1S/C20H19NO/c1-15-3-7-18(8-4-15)19-11-17(12-21-13-19)14-22-20-9-5-16(2)6-10-20/h3-13H,14H2,1-2H3. The Morgan fingerprint density at radius 2 is 1.41 bits per heavy atom. The number of rotatable bonds is 4. The highest BCUT2D eigenvalue weighted by atomic mass is 16.5. The monoisotopic (exact) mass is 289 g/mol. The van der Waals surface area contributed by atoms with E-state index in [0.717, 1.165) is 16.9 Å². The first-order valence-electron chi connectivity index (χ1n) is 7.41. The maximum absolute atomic E-state index is 5.82. The van der Waals surface area contributed by atoms with Crippen LogP contribution >= 0.6 is 0 Å². The van der Waals surface area contributed by atoms with Crippen LogP contribution in [0.1, 0.15) is 16.7 Å². The van der Waals surface area contributed by atoms with E-state index in [1.54, 1.807) is 0 Å². The summed E-state index contributed by atoms with van der Waals surface area (Å²) in [5.74, 6) is 0.881. The second-order valence-corrected chi connectivity index (χ2v) is 5.55. The van der Waals surface area contributed by atoms with E-state index in [-0.39, 0.29) is 0 Å². The van der Waals surface area contributed by atoms with Gasteiger partial charge >= 0.3 is 0 Å². The molecule has 0 saturated carbocycles. The van der Waals surface area contributed by atoms with Gasteiger partial charge in [0.05, 0.1) is 0 Å². The van der Waals surface area contributed by atoms with E-state index in [1.165, 1.54) is 16.7 Å². The lowest BCUT2D eigenvalue weighted by atomic mass is 10.0. The van der Waals surface area contributed by atoms with Crippen LogP contribution in [0.2, 0.25) is 0 Å². The minimum Gasteiger partial charge on any atom is -0.489 e. The summed E-state index contributed by atoms with van der Waals surface area (Å²) in [5.41, 5.74) is 5.85. The number of hydrogen-bond acceptors (Lipinski definition) is 2. The highest BCUT2D eigenvalue weighted by Gasteiger charge is 2.01. The third kappa shape index (κ3) is 3.53. The molecule has 0 aliphatic carbocycles. The molecule has 2 nitrogen and oxygen atoms in total. The molecule has 3 aromatic rings. The number of aromatic nitrogens is 1. The Hall–Kier alpha value is -2.61. The van der Waals surface area contributed by atoms with Gasteiger partial charge in [0.25, 0.3) is 0 Å². The number of benzene rings is 2. The van der Waals surface area contributed by atoms with Crippen LogP contribution in [-0.2, 0) is 6.61 Å². The van der Waals surface area contributed by atoms with E-state index in [0.29, 0.717) is 6.61 Å². The molecule has 0 spiro atoms. The molecule has 110 valence electrons. The van der Waals surface area contributed by atoms with E-state index in [9.17, 15) is 0 Å². The Kier molecular flexibility index (Phi) is 4.19. The van der Waals surface area contributed by atoms with Gasteiger partial charge in [0.2, 0.25) is 0 Å². The normalized spacial score (nSPS) is 10.5. The summed E-state index contributed by atoms with van der Waals surface area (Å²) in [7, 11) is 0. The van der Waals surface area contributed by atoms with Gasteiger partial charge in [-0.25, -0.2) is 0 Å². The molecule has 0 aliphatic rings. The summed E-state index contributed by atoms with van der Waals surface area (Å²) in [4.78, 5) is 4.33. The number of pyridine rings is 1. The zero-order chi connectivity index (χ0) is 15.4. The third-order valence-corrected chi connectivity index (χ3v) is 3.61. The second-order valence-electron chi connectivity index (χ2n) is 5.55. The molecule has 0 unspecified atom stereocenters. The van der Waals surface area contributed by atoms with Crippen LogP contribution in [0.25, 0.3) is 11.1 Å². The minimum absolute atomic E-state index is 0.524. The van der Waals surface area contributed by atoms with E-state index < -0.39 is 0 Å². The Balaban J connectivity index is 1.73. The van der Waals surface area contributed by atoms with Gasteiger partial charge in [0.15, 0.2) is 0 Å². The molecule has 1 heterocycles. The Morgan fingerprint density at radius 1 is 0.773 bits per heavy atom. The van der Waals surface area contributed by atoms with Crippen molar-refractivity contribution in [3.63, 3.8) is 0 Å². The van der Waals surface area contributed by atoms with Gasteiger partial charge in [-0.05, 0) is 37.6 Å². The van der Waals surface area contributed by atoms with Crippen molar-refractivity contribution in [1.29, 1.82) is 0 Å². The van der Waals surface area contributed by atoms with E-state index >= 15 is 0 Å². The molecule has 0 bridgehead atoms. The maximum atomic E-state index is 5.82. The average molecular weight is 289 g/mol. The SMILES string of the molecule is Cc1ccc(OCc2cncc(-c3ccc(C)cc3)c2)cc1. The lowest BCUT2D eigenvalue weighted by Crippen LogP contribution is -1.96. The number of nitrogens with zero attached hydrogens (tertiary/aromatic N) is 1. The molecule has 0 saturated heterocycles. The molecule has 0 radical (unpaired) electrons. The van der Waals surface area contributed by atoms with Crippen molar-refractivity contribution in [1.82, 2.24) is 4.98 Å². The van der Waals surface area contributed by atoms with Crippen molar-refractivity contribution < 1.29 is 4.74 Å². The first-order chi connectivity index (χ1) is 10.7. The van der Waals surface area contributed by atoms with Crippen molar-refractivity contribution in [2.24, 2.45) is 0 Å². The zero-order valence-electron chi connectivity index (χ0n) is 12.9. The number of aryl methyl sites for hydroxylation is 2. The summed E-state index contributed by atoms with van der Waals surface area (Å²) in [5, 5.41) is 0. The fourth-order valence-electron chi connectivity index (χ4n) is 2.27. The highest BCUT2D eigenvalue weighted by Crippen LogP contribution is 2.21. The maximum Gasteiger partial charge on any atom is 0.119 e. The van der Waals surface area contributed by atoms with Crippen LogP contribution < -0.4 is 4.74 Å². The van der Waals surface area contributed by atoms with Crippen molar-refractivity contribution in [2.75, 3.05) is 0 Å².